The van der Waals surface area contributed by atoms with Gasteiger partial charge in [-0.1, -0.05) is 0 Å². The molecule has 0 aromatic carbocycles. The number of carbonyl (C=O) groups is 2. The summed E-state index contributed by atoms with van der Waals surface area (Å²) < 4.78 is 4.50. The maximum absolute atomic E-state index is 12.0. The van der Waals surface area contributed by atoms with Crippen molar-refractivity contribution in [3.63, 3.8) is 0 Å². The van der Waals surface area contributed by atoms with Crippen molar-refractivity contribution < 1.29 is 14.3 Å². The lowest BCUT2D eigenvalue weighted by molar-refractivity contribution is -0.141. The van der Waals surface area contributed by atoms with Gasteiger partial charge in [-0.25, -0.2) is 0 Å². The molecular formula is C11H15N3O3. The second kappa shape index (κ2) is 5.38. The van der Waals surface area contributed by atoms with Gasteiger partial charge in [0.15, 0.2) is 0 Å². The van der Waals surface area contributed by atoms with E-state index in [0.717, 1.165) is 0 Å². The Hall–Kier alpha value is -1.98. The van der Waals surface area contributed by atoms with Crippen LogP contribution in [-0.2, 0) is 9.53 Å². The van der Waals surface area contributed by atoms with Crippen LogP contribution in [-0.4, -0.2) is 47.7 Å². The second-order valence-electron chi connectivity index (χ2n) is 3.72. The van der Waals surface area contributed by atoms with Crippen molar-refractivity contribution in [2.24, 2.45) is 0 Å². The predicted molar refractivity (Wildman–Crippen MR) is 60.5 cm³/mol. The minimum atomic E-state index is -0.461. The molecule has 0 aliphatic rings. The summed E-state index contributed by atoms with van der Waals surface area (Å²) in [6.07, 6.45) is 0. The van der Waals surface area contributed by atoms with E-state index >= 15 is 0 Å². The Morgan fingerprint density at radius 1 is 1.35 bits per heavy atom. The standard InChI is InChI=1S/C11H15N3O3/c1-7-5-9(8(2)13-12-7)11(16)14(3)6-10(15)17-4/h5H,6H2,1-4H3. The molecule has 0 radical (unpaired) electrons. The van der Waals surface area contributed by atoms with Crippen LogP contribution in [0, 0.1) is 13.8 Å². The Balaban J connectivity index is 2.88. The third-order valence-corrected chi connectivity index (χ3v) is 2.27. The molecule has 17 heavy (non-hydrogen) atoms. The topological polar surface area (TPSA) is 72.4 Å². The Morgan fingerprint density at radius 3 is 2.59 bits per heavy atom. The van der Waals surface area contributed by atoms with Crippen LogP contribution in [0.25, 0.3) is 0 Å². The Bertz CT molecular complexity index is 446. The first kappa shape index (κ1) is 13.1. The second-order valence-corrected chi connectivity index (χ2v) is 3.72. The molecule has 0 aliphatic carbocycles. The van der Waals surface area contributed by atoms with Crippen LogP contribution in [0.2, 0.25) is 0 Å². The zero-order chi connectivity index (χ0) is 13.0. The molecule has 0 fully saturated rings. The van der Waals surface area contributed by atoms with Gasteiger partial charge in [0.1, 0.15) is 6.54 Å². The molecule has 0 bridgehead atoms. The largest absolute Gasteiger partial charge is 0.468 e. The van der Waals surface area contributed by atoms with Crippen molar-refractivity contribution in [1.29, 1.82) is 0 Å². The molecule has 0 spiro atoms. The van der Waals surface area contributed by atoms with E-state index in [1.54, 1.807) is 19.9 Å². The predicted octanol–water partition coefficient (Wildman–Crippen LogP) is 0.338. The maximum Gasteiger partial charge on any atom is 0.325 e. The molecule has 0 saturated heterocycles. The summed E-state index contributed by atoms with van der Waals surface area (Å²) in [6.45, 7) is 3.37. The first-order valence-electron chi connectivity index (χ1n) is 5.09. The van der Waals surface area contributed by atoms with Crippen molar-refractivity contribution in [3.05, 3.63) is 23.0 Å². The van der Waals surface area contributed by atoms with Gasteiger partial charge in [-0.05, 0) is 19.9 Å². The molecular weight excluding hydrogens is 222 g/mol. The molecule has 1 amide bonds. The van der Waals surface area contributed by atoms with Crippen LogP contribution in [0.4, 0.5) is 0 Å². The number of amides is 1. The number of esters is 1. The summed E-state index contributed by atoms with van der Waals surface area (Å²) in [5, 5.41) is 7.71. The maximum atomic E-state index is 12.0. The highest BCUT2D eigenvalue weighted by Gasteiger charge is 2.18. The molecule has 6 nitrogen and oxygen atoms in total. The fraction of sp³-hybridized carbons (Fsp3) is 0.455. The number of aryl methyl sites for hydroxylation is 2. The summed E-state index contributed by atoms with van der Waals surface area (Å²) >= 11 is 0. The van der Waals surface area contributed by atoms with Crippen molar-refractivity contribution >= 4 is 11.9 Å². The van der Waals surface area contributed by atoms with E-state index in [9.17, 15) is 9.59 Å². The third-order valence-electron chi connectivity index (χ3n) is 2.27. The van der Waals surface area contributed by atoms with Crippen LogP contribution < -0.4 is 0 Å². The van der Waals surface area contributed by atoms with E-state index < -0.39 is 5.97 Å². The summed E-state index contributed by atoms with van der Waals surface area (Å²) in [6, 6.07) is 1.65. The van der Waals surface area contributed by atoms with E-state index in [2.05, 4.69) is 14.9 Å². The van der Waals surface area contributed by atoms with Gasteiger partial charge in [0.25, 0.3) is 5.91 Å². The first-order chi connectivity index (χ1) is 7.95. The summed E-state index contributed by atoms with van der Waals surface area (Å²) in [5.74, 6) is -0.733. The SMILES string of the molecule is COC(=O)CN(C)C(=O)c1cc(C)nnc1C. The summed E-state index contributed by atoms with van der Waals surface area (Å²) in [5.41, 5.74) is 1.65. The van der Waals surface area contributed by atoms with Crippen molar-refractivity contribution in [1.82, 2.24) is 15.1 Å². The van der Waals surface area contributed by atoms with Gasteiger partial charge in [0.2, 0.25) is 0 Å². The number of carbonyl (C=O) groups excluding carboxylic acids is 2. The van der Waals surface area contributed by atoms with Gasteiger partial charge in [-0.15, -0.1) is 0 Å². The van der Waals surface area contributed by atoms with E-state index in [-0.39, 0.29) is 12.5 Å². The number of likely N-dealkylation sites (N-methyl/N-ethyl adjacent to an activating group) is 1. The molecule has 0 saturated carbocycles. The number of hydrogen-bond donors (Lipinski definition) is 0. The number of nitrogens with zero attached hydrogens (tertiary/aromatic N) is 3. The van der Waals surface area contributed by atoms with Crippen LogP contribution in [0.3, 0.4) is 0 Å². The van der Waals surface area contributed by atoms with Crippen molar-refractivity contribution in [2.75, 3.05) is 20.7 Å². The molecule has 0 atom stereocenters. The van der Waals surface area contributed by atoms with Crippen molar-refractivity contribution in [3.8, 4) is 0 Å². The zero-order valence-corrected chi connectivity index (χ0v) is 10.4. The lowest BCUT2D eigenvalue weighted by Crippen LogP contribution is -2.33. The fourth-order valence-corrected chi connectivity index (χ4v) is 1.30. The van der Waals surface area contributed by atoms with E-state index in [0.29, 0.717) is 17.0 Å². The number of rotatable bonds is 3. The van der Waals surface area contributed by atoms with Gasteiger partial charge in [0, 0.05) is 7.05 Å². The first-order valence-corrected chi connectivity index (χ1v) is 5.09. The Labute approximate surface area is 99.6 Å². The Kier molecular flexibility index (Phi) is 4.14. The van der Waals surface area contributed by atoms with Crippen LogP contribution >= 0.6 is 0 Å². The van der Waals surface area contributed by atoms with E-state index in [1.165, 1.54) is 19.1 Å². The van der Waals surface area contributed by atoms with Gasteiger partial charge in [-0.3, -0.25) is 9.59 Å². The van der Waals surface area contributed by atoms with Gasteiger partial charge in [-0.2, -0.15) is 10.2 Å². The molecule has 0 unspecified atom stereocenters. The van der Waals surface area contributed by atoms with E-state index in [4.69, 9.17) is 0 Å². The minimum Gasteiger partial charge on any atom is -0.468 e. The third kappa shape index (κ3) is 3.24. The number of ether oxygens (including phenoxy) is 1. The van der Waals surface area contributed by atoms with Crippen LogP contribution in [0.15, 0.2) is 6.07 Å². The highest BCUT2D eigenvalue weighted by molar-refractivity contribution is 5.96. The molecule has 0 aliphatic heterocycles. The molecule has 1 rings (SSSR count). The molecule has 92 valence electrons. The Morgan fingerprint density at radius 2 is 2.00 bits per heavy atom. The molecule has 6 heteroatoms. The highest BCUT2D eigenvalue weighted by Crippen LogP contribution is 2.08. The summed E-state index contributed by atoms with van der Waals surface area (Å²) in [7, 11) is 2.82. The van der Waals surface area contributed by atoms with Crippen molar-refractivity contribution in [2.45, 2.75) is 13.8 Å². The number of hydrogen-bond acceptors (Lipinski definition) is 5. The van der Waals surface area contributed by atoms with Gasteiger partial charge < -0.3 is 9.64 Å². The number of methoxy groups -OCH3 is 1. The lowest BCUT2D eigenvalue weighted by atomic mass is 10.2. The summed E-state index contributed by atoms with van der Waals surface area (Å²) in [4.78, 5) is 24.4. The fourth-order valence-electron chi connectivity index (χ4n) is 1.30. The smallest absolute Gasteiger partial charge is 0.325 e. The minimum absolute atomic E-state index is 0.0872. The average Bonchev–Trinajstić information content (AvgIpc) is 2.31. The molecule has 0 N–H and O–H groups in total. The van der Waals surface area contributed by atoms with Crippen LogP contribution in [0.1, 0.15) is 21.7 Å². The molecule has 1 heterocycles. The number of aromatic nitrogens is 2. The lowest BCUT2D eigenvalue weighted by Gasteiger charge is -2.16. The zero-order valence-electron chi connectivity index (χ0n) is 10.4. The normalized spacial score (nSPS) is 9.88. The quantitative estimate of drug-likeness (QED) is 0.709. The van der Waals surface area contributed by atoms with Gasteiger partial charge in [0.05, 0.1) is 24.1 Å². The van der Waals surface area contributed by atoms with E-state index in [1.807, 2.05) is 0 Å². The molecule has 1 aromatic heterocycles. The monoisotopic (exact) mass is 237 g/mol. The average molecular weight is 237 g/mol. The van der Waals surface area contributed by atoms with Crippen LogP contribution in [0.5, 0.6) is 0 Å². The highest BCUT2D eigenvalue weighted by atomic mass is 16.5. The molecule has 1 aromatic rings. The van der Waals surface area contributed by atoms with Gasteiger partial charge >= 0.3 is 5.97 Å².